The van der Waals surface area contributed by atoms with Crippen LogP contribution < -0.4 is 5.32 Å². The average molecular weight is 391 g/mol. The first-order valence-corrected chi connectivity index (χ1v) is 9.47. The number of halogens is 2. The quantitative estimate of drug-likeness (QED) is 0.819. The molecule has 2 fully saturated rings. The summed E-state index contributed by atoms with van der Waals surface area (Å²) < 4.78 is 41.4. The molecule has 2 saturated heterocycles. The van der Waals surface area contributed by atoms with Crippen LogP contribution in [-0.4, -0.2) is 41.8 Å². The fourth-order valence-electron chi connectivity index (χ4n) is 3.70. The molecule has 25 heavy (non-hydrogen) atoms. The summed E-state index contributed by atoms with van der Waals surface area (Å²) in [4.78, 5) is 21.8. The Hall–Kier alpha value is -1.71. The number of fused-ring (bicyclic) bond motifs is 2. The van der Waals surface area contributed by atoms with Crippen LogP contribution in [0, 0.1) is 11.7 Å². The number of sulfonamides is 1. The molecule has 2 N–H and O–H groups in total. The third-order valence-electron chi connectivity index (χ3n) is 4.68. The SMILES string of the molecule is CC(=O)Nc1cc(F)c(S(=O)(=O)N2C3CCC2C(C(=O)O)C3)cc1Cl. The van der Waals surface area contributed by atoms with Gasteiger partial charge in [0, 0.05) is 25.1 Å². The van der Waals surface area contributed by atoms with E-state index in [4.69, 9.17) is 11.6 Å². The second-order valence-electron chi connectivity index (χ2n) is 6.26. The molecule has 1 aromatic carbocycles. The molecule has 1 aromatic rings. The van der Waals surface area contributed by atoms with Crippen molar-refractivity contribution < 1.29 is 27.5 Å². The number of carboxylic acid groups (broad SMARTS) is 1. The molecular weight excluding hydrogens is 375 g/mol. The van der Waals surface area contributed by atoms with Crippen molar-refractivity contribution in [1.29, 1.82) is 0 Å². The molecule has 0 radical (unpaired) electrons. The third-order valence-corrected chi connectivity index (χ3v) is 6.98. The maximum atomic E-state index is 14.4. The largest absolute Gasteiger partial charge is 0.481 e. The zero-order valence-electron chi connectivity index (χ0n) is 13.2. The van der Waals surface area contributed by atoms with Crippen molar-refractivity contribution in [2.75, 3.05) is 5.32 Å². The van der Waals surface area contributed by atoms with E-state index in [9.17, 15) is 27.5 Å². The third kappa shape index (κ3) is 3.00. The molecule has 2 heterocycles. The molecule has 0 saturated carbocycles. The highest BCUT2D eigenvalue weighted by atomic mass is 35.5. The van der Waals surface area contributed by atoms with E-state index in [1.54, 1.807) is 0 Å². The highest BCUT2D eigenvalue weighted by molar-refractivity contribution is 7.89. The van der Waals surface area contributed by atoms with E-state index in [2.05, 4.69) is 5.32 Å². The number of anilines is 1. The summed E-state index contributed by atoms with van der Waals surface area (Å²) in [6.45, 7) is 1.22. The molecule has 3 rings (SSSR count). The highest BCUT2D eigenvalue weighted by Crippen LogP contribution is 2.45. The number of nitrogens with one attached hydrogen (secondary N) is 1. The Morgan fingerprint density at radius 3 is 2.60 bits per heavy atom. The lowest BCUT2D eigenvalue weighted by atomic mass is 9.89. The number of aliphatic carboxylic acids is 1. The van der Waals surface area contributed by atoms with Gasteiger partial charge in [0.25, 0.3) is 0 Å². The van der Waals surface area contributed by atoms with Gasteiger partial charge in [0.15, 0.2) is 0 Å². The van der Waals surface area contributed by atoms with Crippen molar-refractivity contribution in [2.45, 2.75) is 43.2 Å². The van der Waals surface area contributed by atoms with Gasteiger partial charge in [0.2, 0.25) is 15.9 Å². The monoisotopic (exact) mass is 390 g/mol. The molecule has 136 valence electrons. The minimum atomic E-state index is -4.24. The van der Waals surface area contributed by atoms with E-state index < -0.39 is 50.6 Å². The fourth-order valence-corrected chi connectivity index (χ4v) is 5.97. The van der Waals surface area contributed by atoms with Gasteiger partial charge in [-0.05, 0) is 25.3 Å². The van der Waals surface area contributed by atoms with Crippen LogP contribution in [0.1, 0.15) is 26.2 Å². The second-order valence-corrected chi connectivity index (χ2v) is 8.48. The van der Waals surface area contributed by atoms with Crippen molar-refractivity contribution in [3.05, 3.63) is 23.0 Å². The van der Waals surface area contributed by atoms with Gasteiger partial charge in [-0.3, -0.25) is 9.59 Å². The first-order valence-electron chi connectivity index (χ1n) is 7.66. The number of carboxylic acids is 1. The van der Waals surface area contributed by atoms with Gasteiger partial charge < -0.3 is 10.4 Å². The summed E-state index contributed by atoms with van der Waals surface area (Å²) in [6, 6.07) is 0.666. The van der Waals surface area contributed by atoms with Gasteiger partial charge in [-0.1, -0.05) is 11.6 Å². The summed E-state index contributed by atoms with van der Waals surface area (Å²) >= 11 is 5.97. The van der Waals surface area contributed by atoms with Crippen LogP contribution >= 0.6 is 11.6 Å². The molecule has 7 nitrogen and oxygen atoms in total. The summed E-state index contributed by atoms with van der Waals surface area (Å²) in [6.07, 6.45) is 1.20. The Morgan fingerprint density at radius 1 is 1.36 bits per heavy atom. The normalized spacial score (nSPS) is 26.0. The summed E-state index contributed by atoms with van der Waals surface area (Å²) in [5, 5.41) is 11.5. The first-order chi connectivity index (χ1) is 11.6. The van der Waals surface area contributed by atoms with Crippen LogP contribution in [-0.2, 0) is 19.6 Å². The van der Waals surface area contributed by atoms with Gasteiger partial charge in [0.1, 0.15) is 10.7 Å². The van der Waals surface area contributed by atoms with Crippen molar-refractivity contribution in [3.63, 3.8) is 0 Å². The average Bonchev–Trinajstić information content (AvgIpc) is 3.08. The summed E-state index contributed by atoms with van der Waals surface area (Å²) in [5.41, 5.74) is -0.0292. The van der Waals surface area contributed by atoms with Crippen LogP contribution in [0.2, 0.25) is 5.02 Å². The molecule has 3 atom stereocenters. The van der Waals surface area contributed by atoms with Crippen LogP contribution in [0.15, 0.2) is 17.0 Å². The number of rotatable bonds is 4. The molecule has 1 amide bonds. The lowest BCUT2D eigenvalue weighted by molar-refractivity contribution is -0.142. The smallest absolute Gasteiger partial charge is 0.308 e. The second kappa shape index (κ2) is 6.22. The van der Waals surface area contributed by atoms with Gasteiger partial charge in [0.05, 0.1) is 16.6 Å². The van der Waals surface area contributed by atoms with Gasteiger partial charge in [-0.2, -0.15) is 4.31 Å². The number of hydrogen-bond acceptors (Lipinski definition) is 4. The van der Waals surface area contributed by atoms with Gasteiger partial charge in [-0.25, -0.2) is 12.8 Å². The Labute approximate surface area is 148 Å². The number of hydrogen-bond donors (Lipinski definition) is 2. The molecular formula is C15H16ClFN2O5S. The summed E-state index contributed by atoms with van der Waals surface area (Å²) in [7, 11) is -4.24. The van der Waals surface area contributed by atoms with E-state index in [0.717, 1.165) is 16.4 Å². The Balaban J connectivity index is 2.00. The van der Waals surface area contributed by atoms with Crippen LogP contribution in [0.5, 0.6) is 0 Å². The first kappa shape index (κ1) is 18.1. The van der Waals surface area contributed by atoms with Crippen molar-refractivity contribution in [1.82, 2.24) is 4.31 Å². The predicted molar refractivity (Wildman–Crippen MR) is 87.3 cm³/mol. The number of carbonyl (C=O) groups excluding carboxylic acids is 1. The van der Waals surface area contributed by atoms with Crippen molar-refractivity contribution in [2.24, 2.45) is 5.92 Å². The lowest BCUT2D eigenvalue weighted by Crippen LogP contribution is -2.38. The fraction of sp³-hybridized carbons (Fsp3) is 0.467. The van der Waals surface area contributed by atoms with Crippen LogP contribution in [0.25, 0.3) is 0 Å². The number of benzene rings is 1. The molecule has 2 aliphatic rings. The van der Waals surface area contributed by atoms with E-state index in [0.29, 0.717) is 12.8 Å². The Kier molecular flexibility index (Phi) is 4.50. The molecule has 0 aliphatic carbocycles. The zero-order valence-corrected chi connectivity index (χ0v) is 14.8. The van der Waals surface area contributed by atoms with Crippen LogP contribution in [0.4, 0.5) is 10.1 Å². The van der Waals surface area contributed by atoms with Gasteiger partial charge in [-0.15, -0.1) is 0 Å². The van der Waals surface area contributed by atoms with Crippen molar-refractivity contribution >= 4 is 39.2 Å². The topological polar surface area (TPSA) is 104 Å². The number of carbonyl (C=O) groups is 2. The molecule has 2 aliphatic heterocycles. The van der Waals surface area contributed by atoms with E-state index in [-0.39, 0.29) is 17.1 Å². The molecule has 3 unspecified atom stereocenters. The number of nitrogens with zero attached hydrogens (tertiary/aromatic N) is 1. The minimum absolute atomic E-state index is 0.0292. The molecule has 0 aromatic heterocycles. The zero-order chi connectivity index (χ0) is 18.5. The summed E-state index contributed by atoms with van der Waals surface area (Å²) in [5.74, 6) is -3.36. The van der Waals surface area contributed by atoms with E-state index >= 15 is 0 Å². The number of amides is 1. The predicted octanol–water partition coefficient (Wildman–Crippen LogP) is 2.06. The standard InChI is InChI=1S/C15H16ClFN2O5S/c1-7(20)18-12-6-11(17)14(5-10(12)16)25(23,24)19-8-2-3-13(19)9(4-8)15(21)22/h5-6,8-9,13H,2-4H2,1H3,(H,18,20)(H,21,22). The van der Waals surface area contributed by atoms with Crippen molar-refractivity contribution in [3.8, 4) is 0 Å². The maximum Gasteiger partial charge on any atom is 0.308 e. The Morgan fingerprint density at radius 2 is 2.04 bits per heavy atom. The maximum absolute atomic E-state index is 14.4. The minimum Gasteiger partial charge on any atom is -0.481 e. The van der Waals surface area contributed by atoms with Gasteiger partial charge >= 0.3 is 5.97 Å². The van der Waals surface area contributed by atoms with E-state index in [1.165, 1.54) is 6.92 Å². The van der Waals surface area contributed by atoms with Crippen LogP contribution in [0.3, 0.4) is 0 Å². The molecule has 10 heteroatoms. The lowest BCUT2D eigenvalue weighted by Gasteiger charge is -2.23. The van der Waals surface area contributed by atoms with E-state index in [1.807, 2.05) is 0 Å². The molecule has 0 spiro atoms. The molecule has 2 bridgehead atoms. The Bertz CT molecular complexity index is 860. The highest BCUT2D eigenvalue weighted by Gasteiger charge is 2.54.